The fourth-order valence-electron chi connectivity index (χ4n) is 0.628. The molecule has 48 valence electrons. The molecule has 1 N–H and O–H groups in total. The summed E-state index contributed by atoms with van der Waals surface area (Å²) in [4.78, 5) is 0. The van der Waals surface area contributed by atoms with E-state index in [4.69, 9.17) is 5.11 Å². The molecular formula is C7H9OP. The lowest BCUT2D eigenvalue weighted by Gasteiger charge is -1.97. The van der Waals surface area contributed by atoms with Crippen LogP contribution in [0.4, 0.5) is 0 Å². The highest BCUT2D eigenvalue weighted by Crippen LogP contribution is 2.08. The van der Waals surface area contributed by atoms with Crippen molar-refractivity contribution < 1.29 is 5.11 Å². The van der Waals surface area contributed by atoms with E-state index in [1.54, 1.807) is 12.1 Å². The Morgan fingerprint density at radius 2 is 2.11 bits per heavy atom. The van der Waals surface area contributed by atoms with Crippen LogP contribution < -0.4 is 5.30 Å². The van der Waals surface area contributed by atoms with Crippen molar-refractivity contribution >= 4 is 14.5 Å². The molecule has 0 aliphatic carbocycles. The Morgan fingerprint density at radius 1 is 1.44 bits per heavy atom. The lowest BCUT2D eigenvalue weighted by Crippen LogP contribution is -1.93. The third-order valence-corrected chi connectivity index (χ3v) is 1.88. The van der Waals surface area contributed by atoms with E-state index >= 15 is 0 Å². The second-order valence-electron chi connectivity index (χ2n) is 2.04. The summed E-state index contributed by atoms with van der Waals surface area (Å²) in [6, 6.07) is 5.29. The van der Waals surface area contributed by atoms with Crippen molar-refractivity contribution in [2.24, 2.45) is 0 Å². The summed E-state index contributed by atoms with van der Waals surface area (Å²) in [5.74, 6) is 0.325. The maximum absolute atomic E-state index is 8.92. The number of aryl methyl sites for hydroxylation is 1. The van der Waals surface area contributed by atoms with Gasteiger partial charge in [-0.05, 0) is 29.9 Å². The zero-order valence-electron chi connectivity index (χ0n) is 5.26. The summed E-state index contributed by atoms with van der Waals surface area (Å²) in [5.41, 5.74) is 1.18. The van der Waals surface area contributed by atoms with E-state index in [0.717, 1.165) is 5.30 Å². The predicted molar refractivity (Wildman–Crippen MR) is 42.2 cm³/mol. The highest BCUT2D eigenvalue weighted by molar-refractivity contribution is 7.27. The molecule has 1 aromatic carbocycles. The minimum atomic E-state index is 0.325. The Labute approximate surface area is 56.9 Å². The quantitative estimate of drug-likeness (QED) is 0.537. The molecule has 0 aliphatic heterocycles. The van der Waals surface area contributed by atoms with E-state index in [9.17, 15) is 0 Å². The van der Waals surface area contributed by atoms with Crippen molar-refractivity contribution in [1.82, 2.24) is 0 Å². The second-order valence-corrected chi connectivity index (χ2v) is 2.66. The second kappa shape index (κ2) is 2.36. The lowest BCUT2D eigenvalue weighted by atomic mass is 10.2. The van der Waals surface area contributed by atoms with Crippen LogP contribution in [0.15, 0.2) is 18.2 Å². The van der Waals surface area contributed by atoms with Gasteiger partial charge in [0.1, 0.15) is 5.75 Å². The molecule has 0 amide bonds. The number of benzene rings is 1. The Balaban J connectivity index is 3.17. The summed E-state index contributed by atoms with van der Waals surface area (Å²) in [6.45, 7) is 2.00. The van der Waals surface area contributed by atoms with E-state index in [1.807, 2.05) is 13.0 Å². The monoisotopic (exact) mass is 140 g/mol. The Hall–Kier alpha value is -0.550. The van der Waals surface area contributed by atoms with Gasteiger partial charge in [0.05, 0.1) is 0 Å². The normalized spacial score (nSPS) is 9.56. The summed E-state index contributed by atoms with van der Waals surface area (Å²) in [5, 5.41) is 9.98. The third kappa shape index (κ3) is 1.43. The smallest absolute Gasteiger partial charge is 0.116 e. The summed E-state index contributed by atoms with van der Waals surface area (Å²) >= 11 is 0. The van der Waals surface area contributed by atoms with Crippen molar-refractivity contribution in [2.45, 2.75) is 6.92 Å². The standard InChI is InChI=1S/C7H9OP/c1-5-2-3-6(8)4-7(5)9/h2-4,8H,9H2,1H3. The molecule has 0 bridgehead atoms. The largest absolute Gasteiger partial charge is 0.508 e. The third-order valence-electron chi connectivity index (χ3n) is 1.26. The first-order valence-corrected chi connectivity index (χ1v) is 3.33. The van der Waals surface area contributed by atoms with Gasteiger partial charge in [-0.2, -0.15) is 0 Å². The van der Waals surface area contributed by atoms with E-state index in [0.29, 0.717) is 5.75 Å². The summed E-state index contributed by atoms with van der Waals surface area (Å²) in [6.07, 6.45) is 0. The summed E-state index contributed by atoms with van der Waals surface area (Å²) in [7, 11) is 2.56. The van der Waals surface area contributed by atoms with Gasteiger partial charge >= 0.3 is 0 Å². The molecule has 2 heteroatoms. The van der Waals surface area contributed by atoms with Gasteiger partial charge in [-0.25, -0.2) is 0 Å². The number of aromatic hydroxyl groups is 1. The Bertz CT molecular complexity index is 220. The first-order valence-electron chi connectivity index (χ1n) is 2.75. The van der Waals surface area contributed by atoms with Gasteiger partial charge in [0, 0.05) is 0 Å². The highest BCUT2D eigenvalue weighted by atomic mass is 31.0. The van der Waals surface area contributed by atoms with Crippen molar-refractivity contribution in [3.63, 3.8) is 0 Å². The molecule has 1 rings (SSSR count). The minimum Gasteiger partial charge on any atom is -0.508 e. The van der Waals surface area contributed by atoms with Crippen LogP contribution in [0.25, 0.3) is 0 Å². The van der Waals surface area contributed by atoms with E-state index < -0.39 is 0 Å². The molecule has 0 fully saturated rings. The molecular weight excluding hydrogens is 131 g/mol. The first kappa shape index (κ1) is 6.57. The van der Waals surface area contributed by atoms with E-state index in [2.05, 4.69) is 9.24 Å². The topological polar surface area (TPSA) is 20.2 Å². The zero-order chi connectivity index (χ0) is 6.85. The molecule has 0 saturated heterocycles. The van der Waals surface area contributed by atoms with Crippen LogP contribution in [-0.2, 0) is 0 Å². The molecule has 1 nitrogen and oxygen atoms in total. The number of phenols is 1. The van der Waals surface area contributed by atoms with Gasteiger partial charge in [0.25, 0.3) is 0 Å². The average Bonchev–Trinajstić information content (AvgIpc) is 1.80. The van der Waals surface area contributed by atoms with Gasteiger partial charge in [-0.1, -0.05) is 6.07 Å². The molecule has 0 aromatic heterocycles. The number of phenolic OH excluding ortho intramolecular Hbond substituents is 1. The lowest BCUT2D eigenvalue weighted by molar-refractivity contribution is 0.476. The Kier molecular flexibility index (Phi) is 1.73. The highest BCUT2D eigenvalue weighted by Gasteiger charge is 1.91. The van der Waals surface area contributed by atoms with Crippen molar-refractivity contribution in [1.29, 1.82) is 0 Å². The minimum absolute atomic E-state index is 0.325. The first-order chi connectivity index (χ1) is 4.20. The average molecular weight is 140 g/mol. The predicted octanol–water partition coefficient (Wildman–Crippen LogP) is 1.20. The van der Waals surface area contributed by atoms with Gasteiger partial charge in [0.2, 0.25) is 0 Å². The molecule has 9 heavy (non-hydrogen) atoms. The SMILES string of the molecule is Cc1ccc(O)cc1P. The molecule has 0 radical (unpaired) electrons. The van der Waals surface area contributed by atoms with Gasteiger partial charge < -0.3 is 5.11 Å². The fourth-order valence-corrected chi connectivity index (χ4v) is 0.895. The van der Waals surface area contributed by atoms with Gasteiger partial charge in [-0.15, -0.1) is 9.24 Å². The van der Waals surface area contributed by atoms with Gasteiger partial charge in [-0.3, -0.25) is 0 Å². The zero-order valence-corrected chi connectivity index (χ0v) is 6.41. The molecule has 0 spiro atoms. The molecule has 0 aliphatic rings. The van der Waals surface area contributed by atoms with E-state index in [1.165, 1.54) is 5.56 Å². The molecule has 1 aromatic rings. The van der Waals surface area contributed by atoms with Crippen molar-refractivity contribution in [2.75, 3.05) is 0 Å². The number of hydrogen-bond donors (Lipinski definition) is 1. The number of hydrogen-bond acceptors (Lipinski definition) is 1. The maximum Gasteiger partial charge on any atom is 0.116 e. The molecule has 1 unspecified atom stereocenters. The van der Waals surface area contributed by atoms with E-state index in [-0.39, 0.29) is 0 Å². The van der Waals surface area contributed by atoms with Crippen LogP contribution in [0.5, 0.6) is 5.75 Å². The number of rotatable bonds is 0. The van der Waals surface area contributed by atoms with Gasteiger partial charge in [0.15, 0.2) is 0 Å². The Morgan fingerprint density at radius 3 is 2.56 bits per heavy atom. The van der Waals surface area contributed by atoms with Crippen LogP contribution in [0, 0.1) is 6.92 Å². The fraction of sp³-hybridized carbons (Fsp3) is 0.143. The van der Waals surface area contributed by atoms with Crippen LogP contribution in [0.1, 0.15) is 5.56 Å². The van der Waals surface area contributed by atoms with Crippen LogP contribution >= 0.6 is 9.24 Å². The maximum atomic E-state index is 8.92. The van der Waals surface area contributed by atoms with Crippen LogP contribution in [-0.4, -0.2) is 5.11 Å². The molecule has 0 heterocycles. The van der Waals surface area contributed by atoms with Crippen LogP contribution in [0.2, 0.25) is 0 Å². The molecule has 1 atom stereocenters. The van der Waals surface area contributed by atoms with Crippen LogP contribution in [0.3, 0.4) is 0 Å². The molecule has 0 saturated carbocycles. The van der Waals surface area contributed by atoms with Crippen molar-refractivity contribution in [3.05, 3.63) is 23.8 Å². The summed E-state index contributed by atoms with van der Waals surface area (Å²) < 4.78 is 0. The van der Waals surface area contributed by atoms with Crippen molar-refractivity contribution in [3.8, 4) is 5.75 Å².